The molecular formula is C58H34N4O2. The largest absolute Gasteiger partial charge is 0.308 e. The van der Waals surface area contributed by atoms with Crippen LogP contribution < -0.4 is 4.90 Å². The summed E-state index contributed by atoms with van der Waals surface area (Å²) in [6, 6.07) is 69.3. The van der Waals surface area contributed by atoms with Crippen LogP contribution in [0.5, 0.6) is 0 Å². The van der Waals surface area contributed by atoms with Gasteiger partial charge in [0.15, 0.2) is 5.69 Å². The van der Waals surface area contributed by atoms with Gasteiger partial charge in [-0.1, -0.05) is 152 Å². The van der Waals surface area contributed by atoms with Crippen LogP contribution in [-0.2, 0) is 0 Å². The van der Waals surface area contributed by atoms with Crippen molar-refractivity contribution in [3.63, 3.8) is 0 Å². The highest BCUT2D eigenvalue weighted by Gasteiger charge is 2.42. The Hall–Kier alpha value is -9.10. The maximum Gasteiger partial charge on any atom is 0.268 e. The van der Waals surface area contributed by atoms with Gasteiger partial charge in [0.05, 0.1) is 51.7 Å². The minimum absolute atomic E-state index is 0.304. The molecule has 0 radical (unpaired) electrons. The van der Waals surface area contributed by atoms with Crippen molar-refractivity contribution in [2.24, 2.45) is 0 Å². The predicted molar refractivity (Wildman–Crippen MR) is 257 cm³/mol. The molecule has 2 heterocycles. The molecule has 0 spiro atoms. The van der Waals surface area contributed by atoms with Crippen molar-refractivity contribution in [3.05, 3.63) is 234 Å². The quantitative estimate of drug-likeness (QED) is 0.119. The van der Waals surface area contributed by atoms with Crippen LogP contribution in [0.1, 0.15) is 26.3 Å². The summed E-state index contributed by atoms with van der Waals surface area (Å²) in [6.45, 7) is 7.90. The molecule has 0 aliphatic carbocycles. The molecule has 6 heteroatoms. The zero-order valence-corrected chi connectivity index (χ0v) is 34.2. The van der Waals surface area contributed by atoms with Gasteiger partial charge in [0.1, 0.15) is 0 Å². The Bertz CT molecular complexity index is 3440. The van der Waals surface area contributed by atoms with E-state index in [0.29, 0.717) is 33.8 Å². The summed E-state index contributed by atoms with van der Waals surface area (Å²) >= 11 is 0. The third-order valence-electron chi connectivity index (χ3n) is 12.2. The van der Waals surface area contributed by atoms with Crippen LogP contribution in [-0.4, -0.2) is 16.4 Å². The fraction of sp³-hybridized carbons (Fsp3) is 0. The third-order valence-corrected chi connectivity index (χ3v) is 12.2. The number of anilines is 1. The molecule has 0 saturated heterocycles. The van der Waals surface area contributed by atoms with Gasteiger partial charge in [-0.25, -0.2) is 9.74 Å². The lowest BCUT2D eigenvalue weighted by Crippen LogP contribution is -2.30. The molecular weight excluding hydrogens is 785 g/mol. The molecule has 1 aliphatic heterocycles. The number of nitrogens with zero attached hydrogens (tertiary/aromatic N) is 4. The lowest BCUT2D eigenvalue weighted by atomic mass is 9.90. The Morgan fingerprint density at radius 1 is 0.438 bits per heavy atom. The Morgan fingerprint density at radius 2 is 0.953 bits per heavy atom. The summed E-state index contributed by atoms with van der Waals surface area (Å²) in [7, 11) is 0. The Morgan fingerprint density at radius 3 is 1.55 bits per heavy atom. The number of hydrogen-bond acceptors (Lipinski definition) is 3. The van der Waals surface area contributed by atoms with E-state index in [-0.39, 0.29) is 0 Å². The van der Waals surface area contributed by atoms with E-state index in [2.05, 4.69) is 51.9 Å². The summed E-state index contributed by atoms with van der Waals surface area (Å²) in [5.74, 6) is -0.826. The molecule has 1 aliphatic rings. The van der Waals surface area contributed by atoms with E-state index < -0.39 is 11.8 Å². The third kappa shape index (κ3) is 6.10. The van der Waals surface area contributed by atoms with Gasteiger partial charge in [0, 0.05) is 21.9 Å². The number of para-hydroxylation sites is 1. The second-order valence-electron chi connectivity index (χ2n) is 15.7. The van der Waals surface area contributed by atoms with Gasteiger partial charge in [-0.3, -0.25) is 9.59 Å². The standard InChI is InChI=1S/C58H34N4O2/c1-60-51-26-14-13-24-45(51)41-29-31-53-50(33-41)49-32-40(44-23-12-11-22-42(44)36-59)28-30-52(49)61(53)54-27-15-25-46-55(54)58(64)62(57(46)63)56-47(38-18-7-3-8-19-38)34-43(37-16-5-2-6-17-37)35-48(56)39-20-9-4-10-21-39/h2-35H. The number of fused-ring (bicyclic) bond motifs is 4. The number of hydrogen-bond donors (Lipinski definition) is 0. The van der Waals surface area contributed by atoms with Gasteiger partial charge < -0.3 is 4.57 Å². The summed E-state index contributed by atoms with van der Waals surface area (Å²) in [4.78, 5) is 35.9. The van der Waals surface area contributed by atoms with Gasteiger partial charge in [0.2, 0.25) is 0 Å². The normalized spacial score (nSPS) is 12.1. The number of carbonyl (C=O) groups excluding carboxylic acids is 2. The summed E-state index contributed by atoms with van der Waals surface area (Å²) in [5.41, 5.74) is 13.0. The first-order valence-electron chi connectivity index (χ1n) is 20.9. The number of rotatable bonds is 7. The van der Waals surface area contributed by atoms with Crippen LogP contribution in [0.2, 0.25) is 0 Å². The first kappa shape index (κ1) is 37.9. The van der Waals surface area contributed by atoms with E-state index in [1.54, 1.807) is 6.07 Å². The Labute approximate surface area is 369 Å². The molecule has 0 atom stereocenters. The smallest absolute Gasteiger partial charge is 0.268 e. The lowest BCUT2D eigenvalue weighted by Gasteiger charge is -2.24. The van der Waals surface area contributed by atoms with Gasteiger partial charge in [0.25, 0.3) is 11.8 Å². The number of amides is 2. The van der Waals surface area contributed by atoms with Gasteiger partial charge >= 0.3 is 0 Å². The average Bonchev–Trinajstić information content (AvgIpc) is 3.83. The van der Waals surface area contributed by atoms with Crippen LogP contribution >= 0.6 is 0 Å². The molecule has 9 aromatic carbocycles. The zero-order valence-electron chi connectivity index (χ0n) is 34.2. The van der Waals surface area contributed by atoms with Crippen molar-refractivity contribution in [2.75, 3.05) is 4.90 Å². The van der Waals surface area contributed by atoms with Gasteiger partial charge in [-0.15, -0.1) is 0 Å². The molecule has 298 valence electrons. The summed E-state index contributed by atoms with van der Waals surface area (Å²) in [6.07, 6.45) is 0. The van der Waals surface area contributed by atoms with E-state index in [1.807, 2.05) is 164 Å². The summed E-state index contributed by atoms with van der Waals surface area (Å²) in [5, 5.41) is 11.8. The molecule has 64 heavy (non-hydrogen) atoms. The van der Waals surface area contributed by atoms with Crippen molar-refractivity contribution < 1.29 is 9.59 Å². The molecule has 6 nitrogen and oxygen atoms in total. The number of carbonyl (C=O) groups is 2. The monoisotopic (exact) mass is 818 g/mol. The molecule has 1 aromatic heterocycles. The molecule has 2 amide bonds. The molecule has 0 bridgehead atoms. The number of benzene rings is 9. The lowest BCUT2D eigenvalue weighted by molar-refractivity contribution is 0.0926. The van der Waals surface area contributed by atoms with Crippen LogP contribution in [0.15, 0.2) is 206 Å². The minimum Gasteiger partial charge on any atom is -0.308 e. The summed E-state index contributed by atoms with van der Waals surface area (Å²) < 4.78 is 2.07. The Kier molecular flexibility index (Phi) is 9.12. The highest BCUT2D eigenvalue weighted by atomic mass is 16.2. The maximum atomic E-state index is 15.6. The van der Waals surface area contributed by atoms with Crippen molar-refractivity contribution in [2.45, 2.75) is 0 Å². The van der Waals surface area contributed by atoms with Crippen LogP contribution in [0, 0.1) is 17.9 Å². The van der Waals surface area contributed by atoms with E-state index in [0.717, 1.165) is 77.4 Å². The maximum absolute atomic E-state index is 15.6. The molecule has 0 saturated carbocycles. The highest BCUT2D eigenvalue weighted by Crippen LogP contribution is 2.47. The van der Waals surface area contributed by atoms with Crippen molar-refractivity contribution >= 4 is 45.0 Å². The first-order valence-corrected chi connectivity index (χ1v) is 20.9. The van der Waals surface area contributed by atoms with Crippen LogP contribution in [0.4, 0.5) is 11.4 Å². The Balaban J connectivity index is 1.16. The van der Waals surface area contributed by atoms with E-state index in [1.165, 1.54) is 4.90 Å². The van der Waals surface area contributed by atoms with E-state index in [4.69, 9.17) is 6.57 Å². The van der Waals surface area contributed by atoms with Crippen LogP contribution in [0.3, 0.4) is 0 Å². The predicted octanol–water partition coefficient (Wildman–Crippen LogP) is 14.3. The molecule has 10 aromatic rings. The molecule has 0 N–H and O–H groups in total. The van der Waals surface area contributed by atoms with Crippen molar-refractivity contribution in [1.82, 2.24) is 4.57 Å². The van der Waals surface area contributed by atoms with E-state index in [9.17, 15) is 5.26 Å². The average molecular weight is 819 g/mol. The van der Waals surface area contributed by atoms with Gasteiger partial charge in [-0.05, 0) is 99.1 Å². The highest BCUT2D eigenvalue weighted by molar-refractivity contribution is 6.37. The van der Waals surface area contributed by atoms with Crippen LogP contribution in [0.25, 0.3) is 88.0 Å². The fourth-order valence-corrected chi connectivity index (χ4v) is 9.27. The molecule has 0 unspecified atom stereocenters. The fourth-order valence-electron chi connectivity index (χ4n) is 9.27. The minimum atomic E-state index is -0.422. The first-order chi connectivity index (χ1) is 31.5. The molecule has 11 rings (SSSR count). The number of aromatic nitrogens is 1. The zero-order chi connectivity index (χ0) is 43.3. The second-order valence-corrected chi connectivity index (χ2v) is 15.7. The number of imide groups is 1. The number of nitriles is 1. The van der Waals surface area contributed by atoms with Gasteiger partial charge in [-0.2, -0.15) is 5.26 Å². The van der Waals surface area contributed by atoms with E-state index >= 15 is 9.59 Å². The topological polar surface area (TPSA) is 70.5 Å². The van der Waals surface area contributed by atoms with Crippen molar-refractivity contribution in [3.8, 4) is 67.4 Å². The van der Waals surface area contributed by atoms with Crippen molar-refractivity contribution in [1.29, 1.82) is 5.26 Å². The SMILES string of the molecule is [C-]#[N+]c1ccccc1-c1ccc2c(c1)c1cc(-c3ccccc3C#N)ccc1n2-c1cccc2c1C(=O)N(c1c(-c3ccccc3)cc(-c3ccccc3)cc1-c1ccccc1)C2=O. The molecule has 0 fully saturated rings. The second kappa shape index (κ2) is 15.4.